The average Bonchev–Trinajstić information content (AvgIpc) is 3.61. The molecule has 1 saturated carbocycles. The fourth-order valence-corrected chi connectivity index (χ4v) is 5.29. The molecule has 2 aromatic rings. The number of carbonyl (C=O) groups is 2. The topological polar surface area (TPSA) is 98.2 Å². The molecule has 2 aliphatic heterocycles. The van der Waals surface area contributed by atoms with Crippen LogP contribution in [0.1, 0.15) is 69.9 Å². The van der Waals surface area contributed by atoms with Crippen molar-refractivity contribution in [3.8, 4) is 0 Å². The highest BCUT2D eigenvalue weighted by Crippen LogP contribution is 2.39. The molecule has 0 radical (unpaired) electrons. The van der Waals surface area contributed by atoms with Crippen LogP contribution in [0.3, 0.4) is 0 Å². The first-order valence-electron chi connectivity index (χ1n) is 13.7. The first-order valence-corrected chi connectivity index (χ1v) is 13.7. The van der Waals surface area contributed by atoms with Gasteiger partial charge >= 0.3 is 6.09 Å². The van der Waals surface area contributed by atoms with Gasteiger partial charge in [0, 0.05) is 68.0 Å². The lowest BCUT2D eigenvalue weighted by atomic mass is 10.0. The van der Waals surface area contributed by atoms with E-state index < -0.39 is 11.8 Å². The normalized spacial score (nSPS) is 21.3. The molecule has 9 heteroatoms. The van der Waals surface area contributed by atoms with E-state index in [1.807, 2.05) is 56.0 Å². The van der Waals surface area contributed by atoms with Crippen molar-refractivity contribution in [3.63, 3.8) is 0 Å². The van der Waals surface area contributed by atoms with E-state index >= 15 is 0 Å². The second-order valence-corrected chi connectivity index (χ2v) is 11.6. The highest BCUT2D eigenvalue weighted by molar-refractivity contribution is 5.94. The predicted octanol–water partition coefficient (Wildman–Crippen LogP) is 4.32. The van der Waals surface area contributed by atoms with Crippen molar-refractivity contribution >= 4 is 23.4 Å². The number of nitrogens with one attached hydrogen (secondary N) is 1. The summed E-state index contributed by atoms with van der Waals surface area (Å²) >= 11 is 0. The number of hydrogen-bond donors (Lipinski definition) is 2. The third-order valence-electron chi connectivity index (χ3n) is 7.43. The molecule has 1 aliphatic carbocycles. The number of amides is 2. The van der Waals surface area contributed by atoms with E-state index in [0.29, 0.717) is 19.6 Å². The number of aliphatic hydroxyl groups is 1. The molecule has 204 valence electrons. The standard InChI is InChI=1S/C29H39N5O4/c1-29(2,3)38-28(37)33-15-16-34(25(19-33)21-7-6-12-30-18-21)27(36)23-11-10-22(31-26(35)20-8-9-20)17-24(23)32-13-4-5-14-32/h6-7,10-12,17-18,20,25,27,36H,4-5,8-9,13-16,19H2,1-3H3,(H,31,35). The van der Waals surface area contributed by atoms with Crippen LogP contribution in [0, 0.1) is 5.92 Å². The number of benzene rings is 1. The summed E-state index contributed by atoms with van der Waals surface area (Å²) in [5.41, 5.74) is 2.85. The summed E-state index contributed by atoms with van der Waals surface area (Å²) in [6.07, 6.45) is 6.36. The number of piperazine rings is 1. The lowest BCUT2D eigenvalue weighted by molar-refractivity contribution is -0.117. The molecule has 3 fully saturated rings. The van der Waals surface area contributed by atoms with Crippen molar-refractivity contribution in [1.29, 1.82) is 0 Å². The maximum absolute atomic E-state index is 12.9. The molecular weight excluding hydrogens is 482 g/mol. The molecule has 38 heavy (non-hydrogen) atoms. The Balaban J connectivity index is 1.43. The number of aliphatic hydroxyl groups excluding tert-OH is 1. The zero-order valence-electron chi connectivity index (χ0n) is 22.6. The number of carbonyl (C=O) groups excluding carboxylic acids is 2. The lowest BCUT2D eigenvalue weighted by Gasteiger charge is -2.44. The summed E-state index contributed by atoms with van der Waals surface area (Å²) in [5, 5.41) is 14.9. The van der Waals surface area contributed by atoms with E-state index in [2.05, 4.69) is 15.2 Å². The first-order chi connectivity index (χ1) is 18.2. The summed E-state index contributed by atoms with van der Waals surface area (Å²) in [4.78, 5) is 35.7. The second kappa shape index (κ2) is 10.9. The Hall–Kier alpha value is -3.17. The largest absolute Gasteiger partial charge is 0.444 e. The summed E-state index contributed by atoms with van der Waals surface area (Å²) in [5.74, 6) is 0.192. The van der Waals surface area contributed by atoms with Crippen LogP contribution >= 0.6 is 0 Å². The third-order valence-corrected chi connectivity index (χ3v) is 7.43. The van der Waals surface area contributed by atoms with Gasteiger partial charge < -0.3 is 25.0 Å². The van der Waals surface area contributed by atoms with Crippen molar-refractivity contribution in [2.75, 3.05) is 42.9 Å². The van der Waals surface area contributed by atoms with Crippen LogP contribution in [-0.4, -0.2) is 70.2 Å². The van der Waals surface area contributed by atoms with Crippen molar-refractivity contribution in [2.24, 2.45) is 5.92 Å². The SMILES string of the molecule is CC(C)(C)OC(=O)N1CCN(C(O)c2ccc(NC(=O)C3CC3)cc2N2CCCC2)C(c2cccnc2)C1. The quantitative estimate of drug-likeness (QED) is 0.584. The van der Waals surface area contributed by atoms with Crippen molar-refractivity contribution in [1.82, 2.24) is 14.8 Å². The summed E-state index contributed by atoms with van der Waals surface area (Å²) < 4.78 is 5.64. The minimum Gasteiger partial charge on any atom is -0.444 e. The van der Waals surface area contributed by atoms with Crippen molar-refractivity contribution in [3.05, 3.63) is 53.9 Å². The molecule has 2 amide bonds. The number of rotatable bonds is 6. The fraction of sp³-hybridized carbons (Fsp3) is 0.552. The molecule has 2 atom stereocenters. The van der Waals surface area contributed by atoms with Crippen LogP contribution in [0.15, 0.2) is 42.7 Å². The van der Waals surface area contributed by atoms with Gasteiger partial charge in [0.2, 0.25) is 5.91 Å². The number of pyridine rings is 1. The number of nitrogens with zero attached hydrogens (tertiary/aromatic N) is 4. The Morgan fingerprint density at radius 1 is 1.11 bits per heavy atom. The Labute approximate surface area is 224 Å². The van der Waals surface area contributed by atoms with E-state index in [4.69, 9.17) is 4.74 Å². The van der Waals surface area contributed by atoms with Gasteiger partial charge in [-0.1, -0.05) is 12.1 Å². The van der Waals surface area contributed by atoms with Gasteiger partial charge in [-0.05, 0) is 70.2 Å². The Morgan fingerprint density at radius 3 is 2.53 bits per heavy atom. The number of hydrogen-bond acceptors (Lipinski definition) is 7. The average molecular weight is 522 g/mol. The van der Waals surface area contributed by atoms with Gasteiger partial charge in [0.05, 0.1) is 6.04 Å². The van der Waals surface area contributed by atoms with Crippen LogP contribution in [-0.2, 0) is 9.53 Å². The minimum absolute atomic E-state index is 0.0700. The number of ether oxygens (including phenoxy) is 1. The monoisotopic (exact) mass is 521 g/mol. The summed E-state index contributed by atoms with van der Waals surface area (Å²) in [6, 6.07) is 9.41. The zero-order chi connectivity index (χ0) is 26.9. The molecule has 2 saturated heterocycles. The van der Waals surface area contributed by atoms with Gasteiger partial charge in [0.1, 0.15) is 11.8 Å². The zero-order valence-corrected chi connectivity index (χ0v) is 22.6. The molecule has 2 N–H and O–H groups in total. The van der Waals surface area contributed by atoms with Crippen molar-refractivity contribution < 1.29 is 19.4 Å². The van der Waals surface area contributed by atoms with E-state index in [1.54, 1.807) is 17.3 Å². The van der Waals surface area contributed by atoms with E-state index in [-0.39, 0.29) is 24.0 Å². The van der Waals surface area contributed by atoms with Gasteiger partial charge in [-0.3, -0.25) is 14.7 Å². The Bertz CT molecular complexity index is 1140. The molecule has 0 spiro atoms. The van der Waals surface area contributed by atoms with E-state index in [9.17, 15) is 14.7 Å². The summed E-state index contributed by atoms with van der Waals surface area (Å²) in [6.45, 7) is 8.71. The third kappa shape index (κ3) is 6.10. The van der Waals surface area contributed by atoms with Crippen molar-refractivity contribution in [2.45, 2.75) is 64.3 Å². The predicted molar refractivity (Wildman–Crippen MR) is 146 cm³/mol. The minimum atomic E-state index is -0.898. The number of anilines is 2. The van der Waals surface area contributed by atoms with Crippen LogP contribution in [0.25, 0.3) is 0 Å². The van der Waals surface area contributed by atoms with Gasteiger partial charge in [0.25, 0.3) is 0 Å². The van der Waals surface area contributed by atoms with E-state index in [1.165, 1.54) is 0 Å². The lowest BCUT2D eigenvalue weighted by Crippen LogP contribution is -2.52. The van der Waals surface area contributed by atoms with Gasteiger partial charge in [-0.2, -0.15) is 0 Å². The Morgan fingerprint density at radius 2 is 1.87 bits per heavy atom. The maximum Gasteiger partial charge on any atom is 0.410 e. The fourth-order valence-electron chi connectivity index (χ4n) is 5.29. The molecule has 0 bridgehead atoms. The van der Waals surface area contributed by atoms with Crippen LogP contribution in [0.2, 0.25) is 0 Å². The van der Waals surface area contributed by atoms with Gasteiger partial charge in [-0.25, -0.2) is 4.79 Å². The smallest absolute Gasteiger partial charge is 0.410 e. The molecule has 2 unspecified atom stereocenters. The van der Waals surface area contributed by atoms with Crippen LogP contribution in [0.4, 0.5) is 16.2 Å². The highest BCUT2D eigenvalue weighted by Gasteiger charge is 2.38. The molecule has 3 heterocycles. The second-order valence-electron chi connectivity index (χ2n) is 11.6. The first kappa shape index (κ1) is 26.4. The van der Waals surface area contributed by atoms with E-state index in [0.717, 1.165) is 61.3 Å². The Kier molecular flexibility index (Phi) is 7.59. The summed E-state index contributed by atoms with van der Waals surface area (Å²) in [7, 11) is 0. The highest BCUT2D eigenvalue weighted by atomic mass is 16.6. The molecule has 9 nitrogen and oxygen atoms in total. The molecule has 5 rings (SSSR count). The molecule has 1 aromatic carbocycles. The molecule has 3 aliphatic rings. The number of aromatic nitrogens is 1. The van der Waals surface area contributed by atoms with Gasteiger partial charge in [-0.15, -0.1) is 0 Å². The van der Waals surface area contributed by atoms with Gasteiger partial charge in [0.15, 0.2) is 0 Å². The molecular formula is C29H39N5O4. The maximum atomic E-state index is 12.9. The van der Waals surface area contributed by atoms with Crippen LogP contribution in [0.5, 0.6) is 0 Å². The van der Waals surface area contributed by atoms with Crippen LogP contribution < -0.4 is 10.2 Å². The molecule has 1 aromatic heterocycles.